The second-order valence-corrected chi connectivity index (χ2v) is 11.6. The van der Waals surface area contributed by atoms with Gasteiger partial charge in [0.25, 0.3) is 0 Å². The van der Waals surface area contributed by atoms with Crippen molar-refractivity contribution >= 4 is 25.8 Å². The highest BCUT2D eigenvalue weighted by molar-refractivity contribution is 7.91. The summed E-state index contributed by atoms with van der Waals surface area (Å²) in [7, 11) is -6.07. The van der Waals surface area contributed by atoms with Crippen LogP contribution < -0.4 is 10.6 Å². The standard InChI is InChI=1S/C15H28N4O4S2/c1-24(20,21)19-7-2-3-14(19)10-17-15(18-13-4-5-13)16-9-12-6-8-25(22,23)11-12/h12-14H,2-11H2,1H3,(H2,16,17,18)/t12?,14-/m1/s1. The summed E-state index contributed by atoms with van der Waals surface area (Å²) in [6.45, 7) is 1.59. The Balaban J connectivity index is 1.56. The van der Waals surface area contributed by atoms with Gasteiger partial charge in [0.05, 0.1) is 17.8 Å². The van der Waals surface area contributed by atoms with Crippen molar-refractivity contribution < 1.29 is 16.8 Å². The lowest BCUT2D eigenvalue weighted by Crippen LogP contribution is -2.47. The molecule has 1 unspecified atom stereocenters. The molecule has 3 aliphatic rings. The number of nitrogens with one attached hydrogen (secondary N) is 2. The topological polar surface area (TPSA) is 108 Å². The molecule has 1 saturated carbocycles. The fraction of sp³-hybridized carbons (Fsp3) is 0.933. The van der Waals surface area contributed by atoms with E-state index in [0.717, 1.165) is 25.7 Å². The molecule has 0 aromatic carbocycles. The largest absolute Gasteiger partial charge is 0.355 e. The molecule has 0 amide bonds. The maximum absolute atomic E-state index is 11.8. The zero-order valence-electron chi connectivity index (χ0n) is 14.6. The SMILES string of the molecule is CS(=O)(=O)N1CCC[C@@H]1CNC(=NCC1CCS(=O)(=O)C1)NC1CC1. The molecule has 0 spiro atoms. The van der Waals surface area contributed by atoms with Crippen molar-refractivity contribution in [1.82, 2.24) is 14.9 Å². The Morgan fingerprint density at radius 3 is 2.60 bits per heavy atom. The van der Waals surface area contributed by atoms with Crippen LogP contribution in [0, 0.1) is 5.92 Å². The highest BCUT2D eigenvalue weighted by Gasteiger charge is 2.32. The number of hydrogen-bond acceptors (Lipinski definition) is 5. The summed E-state index contributed by atoms with van der Waals surface area (Å²) in [6.07, 6.45) is 5.87. The van der Waals surface area contributed by atoms with E-state index in [4.69, 9.17) is 0 Å². The van der Waals surface area contributed by atoms with Gasteiger partial charge < -0.3 is 10.6 Å². The van der Waals surface area contributed by atoms with E-state index < -0.39 is 19.9 Å². The lowest BCUT2D eigenvalue weighted by atomic mass is 10.1. The maximum Gasteiger partial charge on any atom is 0.211 e. The zero-order valence-corrected chi connectivity index (χ0v) is 16.3. The van der Waals surface area contributed by atoms with Crippen molar-refractivity contribution in [2.24, 2.45) is 10.9 Å². The van der Waals surface area contributed by atoms with Crippen LogP contribution in [0.4, 0.5) is 0 Å². The van der Waals surface area contributed by atoms with Crippen molar-refractivity contribution in [3.63, 3.8) is 0 Å². The summed E-state index contributed by atoms with van der Waals surface area (Å²) in [5.41, 5.74) is 0. The molecule has 2 aliphatic heterocycles. The molecular weight excluding hydrogens is 364 g/mol. The van der Waals surface area contributed by atoms with E-state index in [9.17, 15) is 16.8 Å². The van der Waals surface area contributed by atoms with E-state index >= 15 is 0 Å². The Bertz CT molecular complexity index is 716. The second kappa shape index (κ2) is 7.40. The highest BCUT2D eigenvalue weighted by Crippen LogP contribution is 2.21. The molecule has 3 rings (SSSR count). The van der Waals surface area contributed by atoms with Gasteiger partial charge in [-0.05, 0) is 38.0 Å². The lowest BCUT2D eigenvalue weighted by molar-refractivity contribution is 0.387. The first-order chi connectivity index (χ1) is 11.7. The predicted molar refractivity (Wildman–Crippen MR) is 97.8 cm³/mol. The normalized spacial score (nSPS) is 30.5. The van der Waals surface area contributed by atoms with Gasteiger partial charge in [-0.3, -0.25) is 4.99 Å². The van der Waals surface area contributed by atoms with Crippen LogP contribution in [0.15, 0.2) is 4.99 Å². The van der Waals surface area contributed by atoms with E-state index in [1.165, 1.54) is 6.26 Å². The van der Waals surface area contributed by atoms with Gasteiger partial charge in [0.1, 0.15) is 0 Å². The second-order valence-electron chi connectivity index (χ2n) is 7.43. The van der Waals surface area contributed by atoms with Gasteiger partial charge >= 0.3 is 0 Å². The van der Waals surface area contributed by atoms with E-state index in [1.807, 2.05) is 0 Å². The molecule has 10 heteroatoms. The molecule has 2 N–H and O–H groups in total. The molecule has 1 aliphatic carbocycles. The highest BCUT2D eigenvalue weighted by atomic mass is 32.2. The minimum absolute atomic E-state index is 0.0481. The first-order valence-corrected chi connectivity index (χ1v) is 12.6. The third-order valence-electron chi connectivity index (χ3n) is 5.01. The molecule has 25 heavy (non-hydrogen) atoms. The first kappa shape index (κ1) is 18.9. The Labute approximate surface area is 150 Å². The summed E-state index contributed by atoms with van der Waals surface area (Å²) in [4.78, 5) is 4.56. The number of hydrogen-bond donors (Lipinski definition) is 2. The molecule has 3 fully saturated rings. The van der Waals surface area contributed by atoms with E-state index in [0.29, 0.717) is 38.1 Å². The number of sulfonamides is 1. The van der Waals surface area contributed by atoms with Crippen molar-refractivity contribution in [2.75, 3.05) is 37.4 Å². The predicted octanol–water partition coefficient (Wildman–Crippen LogP) is -0.457. The molecule has 0 radical (unpaired) electrons. The van der Waals surface area contributed by atoms with Crippen molar-refractivity contribution in [3.05, 3.63) is 0 Å². The number of rotatable bonds is 6. The van der Waals surface area contributed by atoms with Crippen LogP contribution in [0.3, 0.4) is 0 Å². The molecule has 0 bridgehead atoms. The van der Waals surface area contributed by atoms with Gasteiger partial charge in [-0.1, -0.05) is 0 Å². The van der Waals surface area contributed by atoms with Crippen LogP contribution in [0.2, 0.25) is 0 Å². The zero-order chi connectivity index (χ0) is 18.1. The van der Waals surface area contributed by atoms with Crippen molar-refractivity contribution in [3.8, 4) is 0 Å². The summed E-state index contributed by atoms with van der Waals surface area (Å²) >= 11 is 0. The van der Waals surface area contributed by atoms with Gasteiger partial charge in [0.15, 0.2) is 15.8 Å². The summed E-state index contributed by atoms with van der Waals surface area (Å²) in [5, 5.41) is 6.60. The van der Waals surface area contributed by atoms with Crippen molar-refractivity contribution in [2.45, 2.75) is 44.2 Å². The first-order valence-electron chi connectivity index (χ1n) is 8.95. The third-order valence-corrected chi connectivity index (χ3v) is 8.18. The van der Waals surface area contributed by atoms with Crippen LogP contribution in [-0.2, 0) is 19.9 Å². The average Bonchev–Trinajstić information content (AvgIpc) is 3.06. The minimum Gasteiger partial charge on any atom is -0.355 e. The van der Waals surface area contributed by atoms with Gasteiger partial charge in [0, 0.05) is 31.7 Å². The molecule has 2 heterocycles. The molecule has 0 aromatic rings. The van der Waals surface area contributed by atoms with Crippen LogP contribution in [0.25, 0.3) is 0 Å². The molecule has 2 atom stereocenters. The van der Waals surface area contributed by atoms with Gasteiger partial charge in [-0.15, -0.1) is 0 Å². The van der Waals surface area contributed by atoms with E-state index in [2.05, 4.69) is 15.6 Å². The fourth-order valence-corrected chi connectivity index (χ4v) is 6.51. The Kier molecular flexibility index (Phi) is 5.60. The van der Waals surface area contributed by atoms with Gasteiger partial charge in [-0.25, -0.2) is 16.8 Å². The Hall–Kier alpha value is -0.870. The smallest absolute Gasteiger partial charge is 0.211 e. The van der Waals surface area contributed by atoms with Crippen molar-refractivity contribution in [1.29, 1.82) is 0 Å². The fourth-order valence-electron chi connectivity index (χ4n) is 3.47. The molecule has 2 saturated heterocycles. The van der Waals surface area contributed by atoms with Gasteiger partial charge in [-0.2, -0.15) is 4.31 Å². The van der Waals surface area contributed by atoms with Crippen LogP contribution in [-0.4, -0.2) is 76.6 Å². The van der Waals surface area contributed by atoms with Crippen LogP contribution in [0.1, 0.15) is 32.1 Å². The quantitative estimate of drug-likeness (QED) is 0.468. The Morgan fingerprint density at radius 1 is 1.24 bits per heavy atom. The summed E-state index contributed by atoms with van der Waals surface area (Å²) in [5.74, 6) is 1.24. The molecule has 8 nitrogen and oxygen atoms in total. The number of sulfone groups is 1. The van der Waals surface area contributed by atoms with Crippen LogP contribution in [0.5, 0.6) is 0 Å². The van der Waals surface area contributed by atoms with E-state index in [1.54, 1.807) is 4.31 Å². The monoisotopic (exact) mass is 392 g/mol. The minimum atomic E-state index is -3.18. The summed E-state index contributed by atoms with van der Waals surface area (Å²) < 4.78 is 48.3. The van der Waals surface area contributed by atoms with Crippen LogP contribution >= 0.6 is 0 Å². The third kappa shape index (κ3) is 5.55. The maximum atomic E-state index is 11.8. The molecular formula is C15H28N4O4S2. The van der Waals surface area contributed by atoms with E-state index in [-0.39, 0.29) is 23.5 Å². The number of aliphatic imine (C=N–C) groups is 1. The number of nitrogens with zero attached hydrogens (tertiary/aromatic N) is 2. The molecule has 144 valence electrons. The molecule has 0 aromatic heterocycles. The average molecular weight is 393 g/mol. The van der Waals surface area contributed by atoms with Gasteiger partial charge in [0.2, 0.25) is 10.0 Å². The Morgan fingerprint density at radius 2 is 2.00 bits per heavy atom. The lowest BCUT2D eigenvalue weighted by Gasteiger charge is -2.23. The summed E-state index contributed by atoms with van der Waals surface area (Å²) in [6, 6.07) is 0.376. The number of guanidine groups is 1.